The summed E-state index contributed by atoms with van der Waals surface area (Å²) >= 11 is 0. The molecule has 0 saturated carbocycles. The van der Waals surface area contributed by atoms with E-state index in [2.05, 4.69) is 58.7 Å². The normalized spacial score (nSPS) is 13.7. The van der Waals surface area contributed by atoms with Crippen molar-refractivity contribution >= 4 is 22.4 Å². The molecule has 0 unspecified atom stereocenters. The molecule has 4 aromatic carbocycles. The van der Waals surface area contributed by atoms with Crippen molar-refractivity contribution in [3.63, 3.8) is 0 Å². The molecule has 0 radical (unpaired) electrons. The maximum Gasteiger partial charge on any atom is 0.255 e. The zero-order valence-electron chi connectivity index (χ0n) is 16.8. The number of carbonyl (C=O) groups is 1. The van der Waals surface area contributed by atoms with Crippen LogP contribution in [0.3, 0.4) is 0 Å². The molecule has 1 aliphatic heterocycles. The van der Waals surface area contributed by atoms with Gasteiger partial charge in [-0.05, 0) is 58.1 Å². The largest absolute Gasteiger partial charge is 0.322 e. The number of hydrogen-bond donors (Lipinski definition) is 1. The Balaban J connectivity index is 1.23. The highest BCUT2D eigenvalue weighted by molar-refractivity contribution is 6.05. The topological polar surface area (TPSA) is 32.3 Å². The molecular weight excluding hydrogens is 368 g/mol. The zero-order valence-corrected chi connectivity index (χ0v) is 16.8. The fourth-order valence-electron chi connectivity index (χ4n) is 4.18. The molecule has 1 N–H and O–H groups in total. The van der Waals surface area contributed by atoms with Gasteiger partial charge in [-0.2, -0.15) is 0 Å². The molecule has 148 valence electrons. The fourth-order valence-corrected chi connectivity index (χ4v) is 4.18. The molecule has 1 heterocycles. The quantitative estimate of drug-likeness (QED) is 0.487. The number of amides is 1. The van der Waals surface area contributed by atoms with Crippen LogP contribution in [-0.2, 0) is 19.5 Å². The molecule has 5 rings (SSSR count). The van der Waals surface area contributed by atoms with Crippen LogP contribution in [-0.4, -0.2) is 17.4 Å². The number of rotatable bonds is 4. The number of nitrogens with zero attached hydrogens (tertiary/aromatic N) is 1. The highest BCUT2D eigenvalue weighted by Crippen LogP contribution is 2.21. The molecule has 1 aliphatic rings. The van der Waals surface area contributed by atoms with Crippen molar-refractivity contribution in [1.29, 1.82) is 0 Å². The third-order valence-electron chi connectivity index (χ3n) is 5.84. The third kappa shape index (κ3) is 3.98. The SMILES string of the molecule is O=C(Nc1ccc2ccccc2c1)c1ccc(CN2CCc3ccccc3C2)cc1. The van der Waals surface area contributed by atoms with E-state index in [-0.39, 0.29) is 5.91 Å². The maximum absolute atomic E-state index is 12.7. The van der Waals surface area contributed by atoms with Crippen LogP contribution in [0, 0.1) is 0 Å². The van der Waals surface area contributed by atoms with Crippen LogP contribution in [0.5, 0.6) is 0 Å². The summed E-state index contributed by atoms with van der Waals surface area (Å²) in [6.45, 7) is 2.96. The van der Waals surface area contributed by atoms with Crippen LogP contribution in [0.2, 0.25) is 0 Å². The predicted octanol–water partition coefficient (Wildman–Crippen LogP) is 5.65. The Labute approximate surface area is 177 Å². The van der Waals surface area contributed by atoms with E-state index >= 15 is 0 Å². The Bertz CT molecular complexity index is 1200. The average Bonchev–Trinajstić information content (AvgIpc) is 2.79. The average molecular weight is 393 g/mol. The van der Waals surface area contributed by atoms with E-state index in [0.717, 1.165) is 37.1 Å². The van der Waals surface area contributed by atoms with Gasteiger partial charge in [-0.25, -0.2) is 0 Å². The van der Waals surface area contributed by atoms with Gasteiger partial charge in [0.1, 0.15) is 0 Å². The second kappa shape index (κ2) is 8.13. The molecule has 0 atom stereocenters. The minimum absolute atomic E-state index is 0.0799. The first kappa shape index (κ1) is 18.6. The molecule has 0 spiro atoms. The Kier molecular flexibility index (Phi) is 5.04. The minimum Gasteiger partial charge on any atom is -0.322 e. The lowest BCUT2D eigenvalue weighted by Crippen LogP contribution is -2.29. The molecule has 0 fully saturated rings. The minimum atomic E-state index is -0.0799. The summed E-state index contributed by atoms with van der Waals surface area (Å²) in [4.78, 5) is 15.1. The first-order chi connectivity index (χ1) is 14.7. The summed E-state index contributed by atoms with van der Waals surface area (Å²) in [5.74, 6) is -0.0799. The van der Waals surface area contributed by atoms with Crippen LogP contribution < -0.4 is 5.32 Å². The van der Waals surface area contributed by atoms with Gasteiger partial charge in [0.15, 0.2) is 0 Å². The lowest BCUT2D eigenvalue weighted by atomic mass is 9.99. The van der Waals surface area contributed by atoms with E-state index in [4.69, 9.17) is 0 Å². The van der Waals surface area contributed by atoms with Crippen LogP contribution in [0.1, 0.15) is 27.0 Å². The van der Waals surface area contributed by atoms with E-state index in [1.54, 1.807) is 0 Å². The fraction of sp³-hybridized carbons (Fsp3) is 0.148. The van der Waals surface area contributed by atoms with E-state index in [1.165, 1.54) is 22.1 Å². The third-order valence-corrected chi connectivity index (χ3v) is 5.84. The van der Waals surface area contributed by atoms with Crippen molar-refractivity contribution in [2.75, 3.05) is 11.9 Å². The summed E-state index contributed by atoms with van der Waals surface area (Å²) in [5.41, 5.74) is 5.62. The number of nitrogens with one attached hydrogen (secondary N) is 1. The van der Waals surface area contributed by atoms with Gasteiger partial charge in [0, 0.05) is 30.9 Å². The van der Waals surface area contributed by atoms with Gasteiger partial charge >= 0.3 is 0 Å². The van der Waals surface area contributed by atoms with E-state index in [9.17, 15) is 4.79 Å². The molecule has 0 saturated heterocycles. The van der Waals surface area contributed by atoms with E-state index in [1.807, 2.05) is 42.5 Å². The second-order valence-electron chi connectivity index (χ2n) is 7.94. The van der Waals surface area contributed by atoms with Gasteiger partial charge < -0.3 is 5.32 Å². The molecule has 0 aliphatic carbocycles. The van der Waals surface area contributed by atoms with Crippen molar-refractivity contribution in [2.45, 2.75) is 19.5 Å². The number of fused-ring (bicyclic) bond motifs is 2. The molecule has 3 heteroatoms. The van der Waals surface area contributed by atoms with Crippen molar-refractivity contribution in [3.05, 3.63) is 113 Å². The summed E-state index contributed by atoms with van der Waals surface area (Å²) in [6.07, 6.45) is 1.10. The zero-order chi connectivity index (χ0) is 20.3. The van der Waals surface area contributed by atoms with Crippen LogP contribution in [0.25, 0.3) is 10.8 Å². The summed E-state index contributed by atoms with van der Waals surface area (Å²) < 4.78 is 0. The van der Waals surface area contributed by atoms with Crippen LogP contribution in [0.4, 0.5) is 5.69 Å². The Morgan fingerprint density at radius 1 is 0.800 bits per heavy atom. The van der Waals surface area contributed by atoms with E-state index in [0.29, 0.717) is 5.56 Å². The summed E-state index contributed by atoms with van der Waals surface area (Å²) in [5, 5.41) is 5.30. The lowest BCUT2D eigenvalue weighted by molar-refractivity contribution is 0.102. The molecule has 30 heavy (non-hydrogen) atoms. The Morgan fingerprint density at radius 2 is 1.53 bits per heavy atom. The van der Waals surface area contributed by atoms with Crippen LogP contribution in [0.15, 0.2) is 91.0 Å². The van der Waals surface area contributed by atoms with Gasteiger partial charge in [0.25, 0.3) is 5.91 Å². The first-order valence-corrected chi connectivity index (χ1v) is 10.4. The number of hydrogen-bond acceptors (Lipinski definition) is 2. The highest BCUT2D eigenvalue weighted by Gasteiger charge is 2.16. The molecule has 0 bridgehead atoms. The first-order valence-electron chi connectivity index (χ1n) is 10.4. The molecule has 0 aromatic heterocycles. The molecule has 4 aromatic rings. The monoisotopic (exact) mass is 392 g/mol. The number of benzene rings is 4. The van der Waals surface area contributed by atoms with Crippen molar-refractivity contribution in [3.8, 4) is 0 Å². The van der Waals surface area contributed by atoms with Gasteiger partial charge in [0.05, 0.1) is 0 Å². The maximum atomic E-state index is 12.7. The van der Waals surface area contributed by atoms with Crippen molar-refractivity contribution in [1.82, 2.24) is 4.90 Å². The van der Waals surface area contributed by atoms with Gasteiger partial charge in [-0.15, -0.1) is 0 Å². The Hall–Kier alpha value is -3.43. The summed E-state index contributed by atoms with van der Waals surface area (Å²) in [7, 11) is 0. The lowest BCUT2D eigenvalue weighted by Gasteiger charge is -2.28. The molecule has 1 amide bonds. The van der Waals surface area contributed by atoms with Gasteiger partial charge in [-0.1, -0.05) is 66.7 Å². The number of anilines is 1. The number of carbonyl (C=O) groups excluding carboxylic acids is 1. The Morgan fingerprint density at radius 3 is 2.37 bits per heavy atom. The summed E-state index contributed by atoms with van der Waals surface area (Å²) in [6, 6.07) is 30.8. The van der Waals surface area contributed by atoms with Crippen molar-refractivity contribution in [2.24, 2.45) is 0 Å². The second-order valence-corrected chi connectivity index (χ2v) is 7.94. The van der Waals surface area contributed by atoms with Crippen LogP contribution >= 0.6 is 0 Å². The predicted molar refractivity (Wildman–Crippen MR) is 123 cm³/mol. The van der Waals surface area contributed by atoms with Gasteiger partial charge in [0.2, 0.25) is 0 Å². The van der Waals surface area contributed by atoms with Gasteiger partial charge in [-0.3, -0.25) is 9.69 Å². The standard InChI is InChI=1S/C27H24N2O/c30-27(28-26-14-13-21-5-1-3-7-24(21)17-26)23-11-9-20(10-12-23)18-29-16-15-22-6-2-4-8-25(22)19-29/h1-14,17H,15-16,18-19H2,(H,28,30). The smallest absolute Gasteiger partial charge is 0.255 e. The molecule has 3 nitrogen and oxygen atoms in total. The van der Waals surface area contributed by atoms with E-state index < -0.39 is 0 Å². The highest BCUT2D eigenvalue weighted by atomic mass is 16.1. The molecular formula is C27H24N2O. The van der Waals surface area contributed by atoms with Crippen molar-refractivity contribution < 1.29 is 4.79 Å².